The van der Waals surface area contributed by atoms with Gasteiger partial charge in [0.05, 0.1) is 52.9 Å². The maximum atomic E-state index is 11.4. The molecule has 0 aromatic heterocycles. The van der Waals surface area contributed by atoms with E-state index in [1.165, 1.54) is 77.0 Å². The van der Waals surface area contributed by atoms with Crippen LogP contribution in [-0.4, -0.2) is 88.2 Å². The number of carbonyl (C=O) groups is 2. The van der Waals surface area contributed by atoms with Crippen molar-refractivity contribution in [1.82, 2.24) is 0 Å². The van der Waals surface area contributed by atoms with Crippen LogP contribution in [0.15, 0.2) is 37.9 Å². The number of ether oxygens (including phenoxy) is 2. The number of rotatable bonds is 42. The van der Waals surface area contributed by atoms with Gasteiger partial charge in [0.15, 0.2) is 0 Å². The van der Waals surface area contributed by atoms with Crippen LogP contribution in [0.2, 0.25) is 0 Å². The van der Waals surface area contributed by atoms with Gasteiger partial charge in [0.1, 0.15) is 0 Å². The Morgan fingerprint density at radius 1 is 0.397 bits per heavy atom. The van der Waals surface area contributed by atoms with Gasteiger partial charge in [0.2, 0.25) is 0 Å². The van der Waals surface area contributed by atoms with Crippen molar-refractivity contribution in [3.05, 3.63) is 24.3 Å². The number of nitrogens with zero attached hydrogens (tertiary/aromatic N) is 3. The van der Waals surface area contributed by atoms with E-state index in [4.69, 9.17) is 50.2 Å². The van der Waals surface area contributed by atoms with Gasteiger partial charge in [-0.05, 0) is 66.2 Å². The second kappa shape index (κ2) is 41.0. The molecule has 1 rings (SSSR count). The van der Waals surface area contributed by atoms with E-state index < -0.39 is 23.0 Å². The summed E-state index contributed by atoms with van der Waals surface area (Å²) < 4.78 is 61.8. The minimum Gasteiger partial charge on any atom is -0.462 e. The highest BCUT2D eigenvalue weighted by Crippen LogP contribution is 2.80. The third kappa shape index (κ3) is 32.2. The van der Waals surface area contributed by atoms with Crippen molar-refractivity contribution in [3.63, 3.8) is 0 Å². The van der Waals surface area contributed by atoms with Gasteiger partial charge in [0, 0.05) is 24.4 Å². The molecule has 0 bridgehead atoms. The third-order valence-corrected chi connectivity index (χ3v) is 18.0. The van der Waals surface area contributed by atoms with Crippen LogP contribution in [0.3, 0.4) is 0 Å². The number of aliphatic hydroxyl groups excluding tert-OH is 2. The van der Waals surface area contributed by atoms with Gasteiger partial charge < -0.3 is 46.8 Å². The summed E-state index contributed by atoms with van der Waals surface area (Å²) in [5, 5.41) is 18.8. The lowest BCUT2D eigenvalue weighted by molar-refractivity contribution is -0.139. The fourth-order valence-corrected chi connectivity index (χ4v) is 15.6. The smallest absolute Gasteiger partial charge is 0.349 e. The number of esters is 2. The molecule has 0 aromatic carbocycles. The van der Waals surface area contributed by atoms with Crippen LogP contribution in [0.4, 0.5) is 0 Å². The molecule has 2 N–H and O–H groups in total. The largest absolute Gasteiger partial charge is 0.462 e. The number of hydrogen-bond donors (Lipinski definition) is 2. The summed E-state index contributed by atoms with van der Waals surface area (Å²) >= 11 is 0. The summed E-state index contributed by atoms with van der Waals surface area (Å²) in [5.41, 5.74) is 0.930. The highest BCUT2D eigenvalue weighted by molar-refractivity contribution is 7.78. The SMILES string of the molecule is C=C(C)C(=O)OCCCCCCCCCCCC.C=C(C)C(=O)OCCCCCCCCCCCCOP1(OCCC)=NP(OCC)(OCC)=NP(OCCCO)(OCCCO)=N1. The fourth-order valence-electron chi connectivity index (χ4n) is 5.91. The van der Waals surface area contributed by atoms with E-state index in [9.17, 15) is 19.8 Å². The predicted octanol–water partition coefficient (Wildman–Crippen LogP) is 14.2. The zero-order valence-electron chi connectivity index (χ0n) is 40.4. The van der Waals surface area contributed by atoms with Crippen molar-refractivity contribution < 1.29 is 56.4 Å². The van der Waals surface area contributed by atoms with Gasteiger partial charge in [-0.15, -0.1) is 13.5 Å². The maximum absolute atomic E-state index is 11.4. The fraction of sp³-hybridized carbons (Fsp3) is 0.867. The van der Waals surface area contributed by atoms with E-state index in [2.05, 4.69) is 20.1 Å². The Morgan fingerprint density at radius 3 is 0.984 bits per heavy atom. The Kier molecular flexibility index (Phi) is 40.2. The van der Waals surface area contributed by atoms with E-state index in [0.717, 1.165) is 57.8 Å². The number of carbonyl (C=O) groups excluding carboxylic acids is 2. The van der Waals surface area contributed by atoms with Crippen molar-refractivity contribution >= 4 is 34.9 Å². The van der Waals surface area contributed by atoms with E-state index in [0.29, 0.717) is 63.6 Å². The van der Waals surface area contributed by atoms with E-state index in [1.807, 2.05) is 20.8 Å². The molecule has 0 aromatic rings. The van der Waals surface area contributed by atoms with Gasteiger partial charge in [-0.2, -0.15) is 0 Å². The van der Waals surface area contributed by atoms with Gasteiger partial charge in [-0.1, -0.05) is 136 Å². The Hall–Kier alpha value is -1.21. The van der Waals surface area contributed by atoms with Crippen LogP contribution in [0, 0.1) is 0 Å². The molecule has 1 atom stereocenters. The molecule has 0 spiro atoms. The van der Waals surface area contributed by atoms with Crippen molar-refractivity contribution in [3.8, 4) is 0 Å². The van der Waals surface area contributed by atoms with E-state index in [-0.39, 0.29) is 38.4 Å². The molecular weight excluding hydrogens is 867 g/mol. The summed E-state index contributed by atoms with van der Waals surface area (Å²) in [6.45, 7) is 21.0. The molecular formula is C45H90N3O12P3. The first kappa shape index (κ1) is 61.8. The first-order chi connectivity index (χ1) is 30.4. The molecule has 1 unspecified atom stereocenters. The second-order valence-electron chi connectivity index (χ2n) is 15.6. The van der Waals surface area contributed by atoms with Crippen molar-refractivity contribution in [2.24, 2.45) is 13.5 Å². The van der Waals surface area contributed by atoms with Crippen LogP contribution in [0.25, 0.3) is 0 Å². The van der Waals surface area contributed by atoms with Gasteiger partial charge in [-0.3, -0.25) is 0 Å². The Balaban J connectivity index is 0.00000178. The molecule has 0 radical (unpaired) electrons. The second-order valence-corrected chi connectivity index (χ2v) is 22.3. The van der Waals surface area contributed by atoms with Crippen LogP contribution < -0.4 is 0 Å². The topological polar surface area (TPSA) is 186 Å². The average Bonchev–Trinajstić information content (AvgIpc) is 3.25. The molecule has 0 amide bonds. The minimum absolute atomic E-state index is 0.0594. The number of unbranched alkanes of at least 4 members (excludes halogenated alkanes) is 18. The van der Waals surface area contributed by atoms with Crippen molar-refractivity contribution in [2.45, 2.75) is 189 Å². The van der Waals surface area contributed by atoms with Crippen molar-refractivity contribution in [1.29, 1.82) is 0 Å². The Bertz CT molecular complexity index is 1360. The maximum Gasteiger partial charge on any atom is 0.349 e. The van der Waals surface area contributed by atoms with Crippen LogP contribution in [0.1, 0.15) is 189 Å². The quantitative estimate of drug-likeness (QED) is 0.0256. The standard InChI is InChI=1S/C29H60N3O10P3.C16H30O2/c1-6-23-39-44(40-25-18-16-14-12-10-9-11-13-15-17-24-36-29(35)28(4)5)30-43(37-7-2,38-8-3)31-45(32-44,41-26-19-21-33)42-27-20-22-34;1-4-5-6-7-8-9-10-11-12-13-14-18-16(17)15(2)3/h33-34H,4,6-27H2,1-3,5H3;2,4-14H2,1,3H3. The lowest BCUT2D eigenvalue weighted by Gasteiger charge is -2.33. The summed E-state index contributed by atoms with van der Waals surface area (Å²) in [4.78, 5) is 22.5. The number of aliphatic hydroxyl groups is 2. The molecule has 0 aliphatic carbocycles. The van der Waals surface area contributed by atoms with E-state index >= 15 is 0 Å². The summed E-state index contributed by atoms with van der Waals surface area (Å²) in [6.07, 6.45) is 25.2. The third-order valence-electron chi connectivity index (χ3n) is 9.32. The van der Waals surface area contributed by atoms with Crippen LogP contribution in [0.5, 0.6) is 0 Å². The van der Waals surface area contributed by atoms with E-state index in [1.54, 1.807) is 13.8 Å². The summed E-state index contributed by atoms with van der Waals surface area (Å²) in [7, 11) is -9.94. The normalized spacial score (nSPS) is 16.2. The lowest BCUT2D eigenvalue weighted by atomic mass is 10.1. The number of hydrogen-bond acceptors (Lipinski definition) is 15. The molecule has 0 fully saturated rings. The first-order valence-electron chi connectivity index (χ1n) is 24.1. The van der Waals surface area contributed by atoms with Crippen LogP contribution in [-0.2, 0) is 46.2 Å². The van der Waals surface area contributed by atoms with Crippen LogP contribution >= 0.6 is 23.0 Å². The molecule has 1 aliphatic rings. The molecule has 0 saturated carbocycles. The molecule has 1 heterocycles. The molecule has 15 nitrogen and oxygen atoms in total. The molecule has 18 heteroatoms. The Labute approximate surface area is 383 Å². The van der Waals surface area contributed by atoms with Gasteiger partial charge >= 0.3 is 34.9 Å². The zero-order chi connectivity index (χ0) is 46.9. The highest BCUT2D eigenvalue weighted by atomic mass is 31.3. The highest BCUT2D eigenvalue weighted by Gasteiger charge is 2.42. The monoisotopic (exact) mass is 958 g/mol. The first-order valence-corrected chi connectivity index (χ1v) is 28.7. The Morgan fingerprint density at radius 2 is 0.683 bits per heavy atom. The van der Waals surface area contributed by atoms with Gasteiger partial charge in [0.25, 0.3) is 0 Å². The average molecular weight is 958 g/mol. The zero-order valence-corrected chi connectivity index (χ0v) is 43.1. The molecule has 372 valence electrons. The molecule has 1 aliphatic heterocycles. The molecule has 63 heavy (non-hydrogen) atoms. The minimum atomic E-state index is -3.38. The lowest BCUT2D eigenvalue weighted by Crippen LogP contribution is -2.07. The summed E-state index contributed by atoms with van der Waals surface area (Å²) in [5.74, 6) is -0.568. The van der Waals surface area contributed by atoms with Gasteiger partial charge in [-0.25, -0.2) is 9.59 Å². The van der Waals surface area contributed by atoms with Crippen molar-refractivity contribution in [2.75, 3.05) is 66.1 Å². The predicted molar refractivity (Wildman–Crippen MR) is 258 cm³/mol. The summed E-state index contributed by atoms with van der Waals surface area (Å²) in [6, 6.07) is 0. The molecule has 0 saturated heterocycles.